The number of ether oxygens (including phenoxy) is 2. The molecule has 0 atom stereocenters. The van der Waals surface area contributed by atoms with Crippen LogP contribution >= 0.6 is 31.9 Å². The SMILES string of the molecule is BrCc1cc(OCCc2ccc3c(c2)CCO3)ccc1Br. The molecule has 2 aromatic carbocycles. The fraction of sp³-hybridized carbons (Fsp3) is 0.294. The first-order valence-corrected chi connectivity index (χ1v) is 8.89. The minimum absolute atomic E-state index is 0.684. The molecule has 0 radical (unpaired) electrons. The van der Waals surface area contributed by atoms with Crippen LogP contribution in [0.4, 0.5) is 0 Å². The normalized spacial score (nSPS) is 12.9. The number of fused-ring (bicyclic) bond motifs is 1. The third-order valence-electron chi connectivity index (χ3n) is 3.57. The van der Waals surface area contributed by atoms with Gasteiger partial charge in [-0.3, -0.25) is 0 Å². The highest BCUT2D eigenvalue weighted by atomic mass is 79.9. The number of rotatable bonds is 5. The fourth-order valence-corrected chi connectivity index (χ4v) is 3.65. The number of benzene rings is 2. The van der Waals surface area contributed by atoms with Crippen LogP contribution in [0.5, 0.6) is 11.5 Å². The van der Waals surface area contributed by atoms with Crippen LogP contribution in [0, 0.1) is 0 Å². The molecule has 110 valence electrons. The van der Waals surface area contributed by atoms with Crippen molar-refractivity contribution < 1.29 is 9.47 Å². The molecule has 3 rings (SSSR count). The summed E-state index contributed by atoms with van der Waals surface area (Å²) < 4.78 is 12.5. The maximum atomic E-state index is 5.85. The van der Waals surface area contributed by atoms with E-state index in [4.69, 9.17) is 9.47 Å². The topological polar surface area (TPSA) is 18.5 Å². The minimum Gasteiger partial charge on any atom is -0.493 e. The summed E-state index contributed by atoms with van der Waals surface area (Å²) in [5, 5.41) is 0.815. The molecule has 1 aliphatic heterocycles. The molecule has 4 heteroatoms. The summed E-state index contributed by atoms with van der Waals surface area (Å²) in [4.78, 5) is 0. The van der Waals surface area contributed by atoms with Crippen LogP contribution in [-0.4, -0.2) is 13.2 Å². The Morgan fingerprint density at radius 3 is 2.90 bits per heavy atom. The summed E-state index contributed by atoms with van der Waals surface area (Å²) in [6.45, 7) is 1.49. The lowest BCUT2D eigenvalue weighted by Crippen LogP contribution is -2.02. The molecule has 0 fully saturated rings. The van der Waals surface area contributed by atoms with Crippen LogP contribution in [0.1, 0.15) is 16.7 Å². The van der Waals surface area contributed by atoms with Crippen molar-refractivity contribution in [3.8, 4) is 11.5 Å². The van der Waals surface area contributed by atoms with Gasteiger partial charge in [0.1, 0.15) is 11.5 Å². The second-order valence-corrected chi connectivity index (χ2v) is 6.44. The smallest absolute Gasteiger partial charge is 0.122 e. The molecule has 2 aromatic rings. The Morgan fingerprint density at radius 2 is 2.05 bits per heavy atom. The summed E-state index contributed by atoms with van der Waals surface area (Å²) in [7, 11) is 0. The molecule has 21 heavy (non-hydrogen) atoms. The monoisotopic (exact) mass is 410 g/mol. The van der Waals surface area contributed by atoms with E-state index >= 15 is 0 Å². The minimum atomic E-state index is 0.684. The zero-order valence-corrected chi connectivity index (χ0v) is 14.7. The van der Waals surface area contributed by atoms with E-state index in [9.17, 15) is 0 Å². The third-order valence-corrected chi connectivity index (χ3v) is 4.95. The lowest BCUT2D eigenvalue weighted by atomic mass is 10.1. The van der Waals surface area contributed by atoms with Crippen LogP contribution < -0.4 is 9.47 Å². The van der Waals surface area contributed by atoms with Gasteiger partial charge in [-0.2, -0.15) is 0 Å². The predicted octanol–water partition coefficient (Wildman–Crippen LogP) is 4.90. The quantitative estimate of drug-likeness (QED) is 0.651. The van der Waals surface area contributed by atoms with Gasteiger partial charge in [0.05, 0.1) is 13.2 Å². The summed E-state index contributed by atoms with van der Waals surface area (Å²) >= 11 is 7.01. The molecule has 1 heterocycles. The van der Waals surface area contributed by atoms with Gasteiger partial charge in [0.25, 0.3) is 0 Å². The Labute approximate surface area is 141 Å². The molecule has 0 spiro atoms. The molecule has 0 amide bonds. The third kappa shape index (κ3) is 3.61. The first-order chi connectivity index (χ1) is 10.3. The van der Waals surface area contributed by atoms with Gasteiger partial charge in [-0.05, 0) is 41.0 Å². The van der Waals surface area contributed by atoms with Crippen molar-refractivity contribution in [3.63, 3.8) is 0 Å². The van der Waals surface area contributed by atoms with Gasteiger partial charge < -0.3 is 9.47 Å². The van der Waals surface area contributed by atoms with Crippen molar-refractivity contribution in [2.75, 3.05) is 13.2 Å². The van der Waals surface area contributed by atoms with Crippen molar-refractivity contribution in [1.29, 1.82) is 0 Å². The summed E-state index contributed by atoms with van der Waals surface area (Å²) in [5.74, 6) is 1.95. The molecule has 0 saturated carbocycles. The lowest BCUT2D eigenvalue weighted by Gasteiger charge is -2.09. The molecule has 2 nitrogen and oxygen atoms in total. The van der Waals surface area contributed by atoms with Gasteiger partial charge in [0.15, 0.2) is 0 Å². The molecule has 0 bridgehead atoms. The van der Waals surface area contributed by atoms with Crippen LogP contribution in [-0.2, 0) is 18.2 Å². The largest absolute Gasteiger partial charge is 0.493 e. The van der Waals surface area contributed by atoms with Crippen LogP contribution in [0.15, 0.2) is 40.9 Å². The van der Waals surface area contributed by atoms with Gasteiger partial charge in [-0.15, -0.1) is 0 Å². The highest BCUT2D eigenvalue weighted by Gasteiger charge is 2.11. The molecule has 0 saturated heterocycles. The van der Waals surface area contributed by atoms with Crippen molar-refractivity contribution >= 4 is 31.9 Å². The Bertz CT molecular complexity index is 630. The van der Waals surface area contributed by atoms with Gasteiger partial charge in [-0.25, -0.2) is 0 Å². The maximum absolute atomic E-state index is 5.85. The summed E-state index contributed by atoms with van der Waals surface area (Å²) in [6, 6.07) is 12.5. The van der Waals surface area contributed by atoms with E-state index in [1.807, 2.05) is 12.1 Å². The van der Waals surface area contributed by atoms with E-state index in [1.165, 1.54) is 16.7 Å². The van der Waals surface area contributed by atoms with E-state index in [-0.39, 0.29) is 0 Å². The molecule has 0 aliphatic carbocycles. The van der Waals surface area contributed by atoms with Crippen LogP contribution in [0.3, 0.4) is 0 Å². The van der Waals surface area contributed by atoms with Crippen molar-refractivity contribution in [2.45, 2.75) is 18.2 Å². The summed E-state index contributed by atoms with van der Waals surface area (Å²) in [6.07, 6.45) is 1.93. The van der Waals surface area contributed by atoms with E-state index in [2.05, 4.69) is 56.1 Å². The Kier molecular flexibility index (Phi) is 4.86. The number of hydrogen-bond donors (Lipinski definition) is 0. The summed E-state index contributed by atoms with van der Waals surface area (Å²) in [5.41, 5.74) is 3.82. The Balaban J connectivity index is 1.58. The molecular weight excluding hydrogens is 396 g/mol. The number of halogens is 2. The highest BCUT2D eigenvalue weighted by molar-refractivity contribution is 9.10. The highest BCUT2D eigenvalue weighted by Crippen LogP contribution is 2.27. The first kappa shape index (κ1) is 14.9. The molecule has 0 N–H and O–H groups in total. The maximum Gasteiger partial charge on any atom is 0.122 e. The van der Waals surface area contributed by atoms with E-state index in [0.29, 0.717) is 6.61 Å². The Hall–Kier alpha value is -1.00. The predicted molar refractivity (Wildman–Crippen MR) is 91.6 cm³/mol. The fourth-order valence-electron chi connectivity index (χ4n) is 2.43. The first-order valence-electron chi connectivity index (χ1n) is 6.98. The van der Waals surface area contributed by atoms with Gasteiger partial charge in [-0.1, -0.05) is 44.0 Å². The van der Waals surface area contributed by atoms with Crippen LogP contribution in [0.2, 0.25) is 0 Å². The van der Waals surface area contributed by atoms with Crippen molar-refractivity contribution in [2.24, 2.45) is 0 Å². The van der Waals surface area contributed by atoms with E-state index in [1.54, 1.807) is 0 Å². The zero-order valence-electron chi connectivity index (χ0n) is 11.6. The van der Waals surface area contributed by atoms with Crippen molar-refractivity contribution in [1.82, 2.24) is 0 Å². The number of hydrogen-bond acceptors (Lipinski definition) is 2. The zero-order chi connectivity index (χ0) is 14.7. The van der Waals surface area contributed by atoms with Crippen LogP contribution in [0.25, 0.3) is 0 Å². The second kappa shape index (κ2) is 6.84. The number of alkyl halides is 1. The molecule has 0 unspecified atom stereocenters. The lowest BCUT2D eigenvalue weighted by molar-refractivity contribution is 0.321. The van der Waals surface area contributed by atoms with E-state index < -0.39 is 0 Å². The average Bonchev–Trinajstić information content (AvgIpc) is 2.96. The molecule has 1 aliphatic rings. The van der Waals surface area contributed by atoms with Gasteiger partial charge in [0, 0.05) is 22.6 Å². The van der Waals surface area contributed by atoms with Gasteiger partial charge in [0.2, 0.25) is 0 Å². The van der Waals surface area contributed by atoms with E-state index in [0.717, 1.165) is 40.8 Å². The Morgan fingerprint density at radius 1 is 1.14 bits per heavy atom. The standard InChI is InChI=1S/C17H16Br2O2/c18-11-14-10-15(2-3-16(14)19)20-7-5-12-1-4-17-13(9-12)6-8-21-17/h1-4,9-10H,5-8,11H2. The second-order valence-electron chi connectivity index (χ2n) is 5.03. The van der Waals surface area contributed by atoms with Crippen molar-refractivity contribution in [3.05, 3.63) is 57.6 Å². The van der Waals surface area contributed by atoms with Gasteiger partial charge >= 0.3 is 0 Å². The average molecular weight is 412 g/mol. The molecular formula is C17H16Br2O2. The molecule has 0 aromatic heterocycles.